The van der Waals surface area contributed by atoms with Crippen LogP contribution in [0.25, 0.3) is 0 Å². The van der Waals surface area contributed by atoms with Crippen molar-refractivity contribution < 1.29 is 19.8 Å². The normalized spacial score (nSPS) is 16.1. The Morgan fingerprint density at radius 1 is 1.33 bits per heavy atom. The molecule has 0 unspecified atom stereocenters. The summed E-state index contributed by atoms with van der Waals surface area (Å²) in [4.78, 5) is 20.7. The summed E-state index contributed by atoms with van der Waals surface area (Å²) in [5, 5.41) is 14.8. The van der Waals surface area contributed by atoms with E-state index >= 15 is 0 Å². The van der Waals surface area contributed by atoms with Crippen molar-refractivity contribution in [3.63, 3.8) is 0 Å². The zero-order chi connectivity index (χ0) is 11.8. The average molecular weight is 238 g/mol. The maximum atomic E-state index is 9.10. The summed E-state index contributed by atoms with van der Waals surface area (Å²) >= 11 is 5.54. The number of nitrogens with zero attached hydrogens (tertiary/aromatic N) is 1. The van der Waals surface area contributed by atoms with Crippen molar-refractivity contribution in [2.24, 2.45) is 5.92 Å². The first-order chi connectivity index (χ1) is 6.97. The first-order valence-corrected chi connectivity index (χ1v) is 5.25. The summed E-state index contributed by atoms with van der Waals surface area (Å²) in [7, 11) is 0. The minimum absolute atomic E-state index is 0.810. The van der Waals surface area contributed by atoms with Gasteiger partial charge in [-0.05, 0) is 18.9 Å². The summed E-state index contributed by atoms with van der Waals surface area (Å²) in [5.41, 5.74) is 0. The molecule has 0 spiro atoms. The molecule has 1 saturated heterocycles. The number of halogens is 1. The van der Waals surface area contributed by atoms with E-state index in [2.05, 4.69) is 11.8 Å². The van der Waals surface area contributed by atoms with E-state index in [-0.39, 0.29) is 0 Å². The number of rotatable bonds is 3. The molecular weight excluding hydrogens is 222 g/mol. The second kappa shape index (κ2) is 7.48. The zero-order valence-electron chi connectivity index (χ0n) is 8.65. The predicted octanol–water partition coefficient (Wildman–Crippen LogP) is 0.723. The van der Waals surface area contributed by atoms with Crippen molar-refractivity contribution in [3.05, 3.63) is 0 Å². The lowest BCUT2D eigenvalue weighted by molar-refractivity contribution is -0.159. The molecule has 0 aromatic carbocycles. The first-order valence-electron chi connectivity index (χ1n) is 4.72. The van der Waals surface area contributed by atoms with Gasteiger partial charge < -0.3 is 15.1 Å². The van der Waals surface area contributed by atoms with Crippen molar-refractivity contribution in [2.45, 2.75) is 13.3 Å². The van der Waals surface area contributed by atoms with Crippen molar-refractivity contribution in [1.82, 2.24) is 4.90 Å². The van der Waals surface area contributed by atoms with Gasteiger partial charge in [0.25, 0.3) is 0 Å². The molecule has 1 aliphatic heterocycles. The fourth-order valence-corrected chi connectivity index (χ4v) is 1.41. The van der Waals surface area contributed by atoms with Gasteiger partial charge in [0, 0.05) is 19.0 Å². The number of carbonyl (C=O) groups is 2. The van der Waals surface area contributed by atoms with Crippen LogP contribution in [0.3, 0.4) is 0 Å². The van der Waals surface area contributed by atoms with Crippen LogP contribution in [0, 0.1) is 5.92 Å². The van der Waals surface area contributed by atoms with Gasteiger partial charge in [-0.2, -0.15) is 0 Å². The number of carboxylic acids is 2. The second-order valence-corrected chi connectivity index (χ2v) is 3.90. The third kappa shape index (κ3) is 7.16. The van der Waals surface area contributed by atoms with E-state index < -0.39 is 11.9 Å². The summed E-state index contributed by atoms with van der Waals surface area (Å²) < 4.78 is 0. The SMILES string of the molecule is CC1CN(CCCCl)C1.O=C(O)C(=O)O. The standard InChI is InChI=1S/C7H14ClN.C2H2O4/c1-7-5-9(6-7)4-2-3-8;3-1(4)2(5)6/h7H,2-6H2,1H3;(H,3,4)(H,5,6). The van der Waals surface area contributed by atoms with Gasteiger partial charge in [0.15, 0.2) is 0 Å². The van der Waals surface area contributed by atoms with Crippen molar-refractivity contribution in [2.75, 3.05) is 25.5 Å². The minimum atomic E-state index is -1.82. The summed E-state index contributed by atoms with van der Waals surface area (Å²) in [6, 6.07) is 0. The van der Waals surface area contributed by atoms with Crippen molar-refractivity contribution >= 4 is 23.5 Å². The molecule has 0 amide bonds. The summed E-state index contributed by atoms with van der Waals surface area (Å²) in [6.07, 6.45) is 1.15. The Labute approximate surface area is 93.6 Å². The molecule has 88 valence electrons. The fraction of sp³-hybridized carbons (Fsp3) is 0.778. The molecule has 1 heterocycles. The Morgan fingerprint density at radius 3 is 2.07 bits per heavy atom. The number of carboxylic acid groups (broad SMARTS) is 2. The van der Waals surface area contributed by atoms with Crippen LogP contribution >= 0.6 is 11.6 Å². The second-order valence-electron chi connectivity index (χ2n) is 3.52. The molecule has 0 atom stereocenters. The van der Waals surface area contributed by atoms with Gasteiger partial charge in [0.05, 0.1) is 0 Å². The average Bonchev–Trinajstić information content (AvgIpc) is 2.11. The molecule has 1 aliphatic rings. The maximum Gasteiger partial charge on any atom is 0.414 e. The largest absolute Gasteiger partial charge is 0.473 e. The molecule has 0 aromatic rings. The van der Waals surface area contributed by atoms with E-state index in [9.17, 15) is 0 Å². The molecular formula is C9H16ClNO4. The van der Waals surface area contributed by atoms with Gasteiger partial charge in [-0.3, -0.25) is 0 Å². The van der Waals surface area contributed by atoms with E-state index in [0.29, 0.717) is 0 Å². The van der Waals surface area contributed by atoms with E-state index in [1.165, 1.54) is 19.6 Å². The molecule has 6 heteroatoms. The van der Waals surface area contributed by atoms with Crippen LogP contribution in [0.1, 0.15) is 13.3 Å². The van der Waals surface area contributed by atoms with Crippen LogP contribution in [0.2, 0.25) is 0 Å². The number of hydrogen-bond donors (Lipinski definition) is 2. The highest BCUT2D eigenvalue weighted by Crippen LogP contribution is 2.13. The van der Waals surface area contributed by atoms with Crippen LogP contribution in [0.5, 0.6) is 0 Å². The third-order valence-electron chi connectivity index (χ3n) is 1.93. The van der Waals surface area contributed by atoms with Crippen LogP contribution in [-0.2, 0) is 9.59 Å². The molecule has 15 heavy (non-hydrogen) atoms. The van der Waals surface area contributed by atoms with Crippen molar-refractivity contribution in [1.29, 1.82) is 0 Å². The zero-order valence-corrected chi connectivity index (χ0v) is 9.40. The minimum Gasteiger partial charge on any atom is -0.473 e. The lowest BCUT2D eigenvalue weighted by Gasteiger charge is -2.36. The highest BCUT2D eigenvalue weighted by atomic mass is 35.5. The number of alkyl halides is 1. The molecule has 0 aliphatic carbocycles. The molecule has 0 bridgehead atoms. The van der Waals surface area contributed by atoms with Gasteiger partial charge >= 0.3 is 11.9 Å². The van der Waals surface area contributed by atoms with Gasteiger partial charge in [-0.1, -0.05) is 6.92 Å². The Kier molecular flexibility index (Phi) is 7.07. The van der Waals surface area contributed by atoms with Crippen LogP contribution in [0.15, 0.2) is 0 Å². The molecule has 5 nitrogen and oxygen atoms in total. The first kappa shape index (κ1) is 14.2. The van der Waals surface area contributed by atoms with Crippen LogP contribution in [0.4, 0.5) is 0 Å². The Bertz CT molecular complexity index is 204. The number of hydrogen-bond acceptors (Lipinski definition) is 3. The number of likely N-dealkylation sites (tertiary alicyclic amines) is 1. The Balaban J connectivity index is 0.000000288. The Hall–Kier alpha value is -0.810. The Morgan fingerprint density at radius 2 is 1.80 bits per heavy atom. The van der Waals surface area contributed by atoms with E-state index in [0.717, 1.165) is 18.2 Å². The molecule has 1 rings (SSSR count). The monoisotopic (exact) mass is 237 g/mol. The highest BCUT2D eigenvalue weighted by Gasteiger charge is 2.20. The maximum absolute atomic E-state index is 9.10. The molecule has 0 aromatic heterocycles. The highest BCUT2D eigenvalue weighted by molar-refractivity contribution is 6.27. The van der Waals surface area contributed by atoms with E-state index in [1.54, 1.807) is 0 Å². The van der Waals surface area contributed by atoms with Gasteiger partial charge in [0.2, 0.25) is 0 Å². The van der Waals surface area contributed by atoms with Gasteiger partial charge in [0.1, 0.15) is 0 Å². The van der Waals surface area contributed by atoms with E-state index in [4.69, 9.17) is 31.4 Å². The molecule has 1 fully saturated rings. The lowest BCUT2D eigenvalue weighted by atomic mass is 10.0. The smallest absolute Gasteiger partial charge is 0.414 e. The lowest BCUT2D eigenvalue weighted by Crippen LogP contribution is -2.45. The van der Waals surface area contributed by atoms with Gasteiger partial charge in [-0.15, -0.1) is 11.6 Å². The third-order valence-corrected chi connectivity index (χ3v) is 2.20. The molecule has 0 saturated carbocycles. The number of aliphatic carboxylic acids is 2. The summed E-state index contributed by atoms with van der Waals surface area (Å²) in [6.45, 7) is 6.07. The fourth-order valence-electron chi connectivity index (χ4n) is 1.29. The van der Waals surface area contributed by atoms with Crippen LogP contribution < -0.4 is 0 Å². The molecule has 2 N–H and O–H groups in total. The van der Waals surface area contributed by atoms with E-state index in [1.807, 2.05) is 0 Å². The molecule has 0 radical (unpaired) electrons. The topological polar surface area (TPSA) is 77.8 Å². The van der Waals surface area contributed by atoms with Crippen molar-refractivity contribution in [3.8, 4) is 0 Å². The quantitative estimate of drug-likeness (QED) is 0.559. The predicted molar refractivity (Wildman–Crippen MR) is 56.2 cm³/mol. The van der Waals surface area contributed by atoms with Gasteiger partial charge in [-0.25, -0.2) is 9.59 Å². The van der Waals surface area contributed by atoms with Crippen LogP contribution in [-0.4, -0.2) is 52.6 Å². The summed E-state index contributed by atoms with van der Waals surface area (Å²) in [5.74, 6) is -1.91.